The fourth-order valence-corrected chi connectivity index (χ4v) is 11.2. The van der Waals surface area contributed by atoms with Crippen molar-refractivity contribution in [3.8, 4) is 0 Å². The van der Waals surface area contributed by atoms with E-state index in [1.165, 1.54) is 26.0 Å². The van der Waals surface area contributed by atoms with Gasteiger partial charge in [-0.05, 0) is 19.1 Å². The number of aliphatic hydroxyl groups is 2. The summed E-state index contributed by atoms with van der Waals surface area (Å²) in [6.45, 7) is 12.2. The number of fused-ring (bicyclic) bond motifs is 5. The Morgan fingerprint density at radius 1 is 0.933 bits per heavy atom. The molecule has 3 aliphatic carbocycles. The molecular formula is C45H54BNO13. The predicted molar refractivity (Wildman–Crippen MR) is 213 cm³/mol. The van der Waals surface area contributed by atoms with E-state index >= 15 is 4.79 Å². The monoisotopic (exact) mass is 827 g/mol. The third kappa shape index (κ3) is 6.71. The molecule has 7 rings (SSSR count). The summed E-state index contributed by atoms with van der Waals surface area (Å²) in [7, 11) is 0.758. The Kier molecular flexibility index (Phi) is 11.3. The van der Waals surface area contributed by atoms with E-state index in [1.54, 1.807) is 52.8 Å². The summed E-state index contributed by atoms with van der Waals surface area (Å²) >= 11 is 0. The van der Waals surface area contributed by atoms with Crippen molar-refractivity contribution in [2.45, 2.75) is 128 Å². The van der Waals surface area contributed by atoms with E-state index < -0.39 is 99.8 Å². The molecule has 60 heavy (non-hydrogen) atoms. The van der Waals surface area contributed by atoms with Crippen LogP contribution in [0.5, 0.6) is 0 Å². The van der Waals surface area contributed by atoms with Gasteiger partial charge in [-0.25, -0.2) is 4.79 Å². The van der Waals surface area contributed by atoms with Crippen molar-refractivity contribution < 1.29 is 62.6 Å². The van der Waals surface area contributed by atoms with Gasteiger partial charge in [0.25, 0.3) is 0 Å². The normalized spacial score (nSPS) is 36.6. The number of carbonyl (C=O) groups is 5. The number of hydrogen-bond donors (Lipinski definition) is 2. The van der Waals surface area contributed by atoms with Crippen molar-refractivity contribution in [3.05, 3.63) is 82.9 Å². The number of carbonyl (C=O) groups excluding carboxylic acids is 5. The van der Waals surface area contributed by atoms with Crippen LogP contribution in [0, 0.1) is 22.7 Å². The molecular weight excluding hydrogens is 773 g/mol. The molecule has 0 aromatic heterocycles. The summed E-state index contributed by atoms with van der Waals surface area (Å²) in [6.07, 6.45) is -7.51. The standard InChI is InChI=1S/C45H54BNO13/c1-24-29(19-30(50)35-34(27-15-11-9-12-16-27)47(23-46-55)42(6,7)60-35)21-45(54)39(58-40(53)28-17-13-10-14-18-28)37-43(8,31(51)20-32-44(37,22-56-32)59-26(3)49)38(52)36(57-25(2)48)33(24)41(45,4)5/h9-18,29,31-32,34-37,39,51,54H,19-23H2,1-8H3/t29-,31?,32?,34?,35?,36?,37?,39?,43+,44?,45?/m0/s1. The topological polar surface area (TPSA) is 192 Å². The van der Waals surface area contributed by atoms with E-state index in [4.69, 9.17) is 23.7 Å². The molecule has 11 atom stereocenters. The van der Waals surface area contributed by atoms with Crippen molar-refractivity contribution in [2.75, 3.05) is 13.1 Å². The van der Waals surface area contributed by atoms with Crippen LogP contribution in [0.3, 0.4) is 0 Å². The minimum absolute atomic E-state index is 0.0156. The molecule has 4 fully saturated rings. The fourth-order valence-electron chi connectivity index (χ4n) is 11.2. The predicted octanol–water partition coefficient (Wildman–Crippen LogP) is 4.05. The second kappa shape index (κ2) is 15.5. The van der Waals surface area contributed by atoms with Crippen LogP contribution in [0.25, 0.3) is 0 Å². The molecule has 2 saturated heterocycles. The number of ether oxygens (including phenoxy) is 5. The van der Waals surface area contributed by atoms with Gasteiger partial charge in [0.05, 0.1) is 18.3 Å². The Bertz CT molecular complexity index is 2110. The first kappa shape index (κ1) is 43.7. The Balaban J connectivity index is 1.43. The average Bonchev–Trinajstić information content (AvgIpc) is 3.46. The first-order chi connectivity index (χ1) is 28.2. The van der Waals surface area contributed by atoms with Crippen LogP contribution < -0.4 is 0 Å². The molecule has 15 heteroatoms. The quantitative estimate of drug-likeness (QED) is 0.151. The Morgan fingerprint density at radius 2 is 1.57 bits per heavy atom. The Morgan fingerprint density at radius 3 is 2.13 bits per heavy atom. The zero-order valence-electron chi connectivity index (χ0n) is 35.3. The summed E-state index contributed by atoms with van der Waals surface area (Å²) in [5.41, 5.74) is -6.82. The number of allylic oxidation sites excluding steroid dienone is 1. The molecule has 2 saturated carbocycles. The van der Waals surface area contributed by atoms with E-state index in [0.29, 0.717) is 5.57 Å². The van der Waals surface area contributed by atoms with Gasteiger partial charge in [0, 0.05) is 20.3 Å². The molecule has 2 bridgehead atoms. The number of nitrogens with zero attached hydrogens (tertiary/aromatic N) is 1. The van der Waals surface area contributed by atoms with E-state index in [0.717, 1.165) is 19.6 Å². The molecule has 2 aromatic rings. The molecule has 0 amide bonds. The van der Waals surface area contributed by atoms with Gasteiger partial charge in [-0.2, -0.15) is 0 Å². The number of Topliss-reactive ketones (excluding diaryl/α,β-unsaturated/α-hetero) is 2. The number of aliphatic hydroxyl groups excluding tert-OH is 1. The maximum absolute atomic E-state index is 15.6. The molecule has 2 aliphatic heterocycles. The van der Waals surface area contributed by atoms with E-state index in [9.17, 15) is 34.1 Å². The van der Waals surface area contributed by atoms with Gasteiger partial charge >= 0.3 is 240 Å². The number of rotatable bonds is 10. The number of hydrogen-bond acceptors (Lipinski definition) is 14. The zero-order chi connectivity index (χ0) is 43.7. The molecule has 2 heterocycles. The fraction of sp³-hybridized carbons (Fsp3) is 0.578. The van der Waals surface area contributed by atoms with Gasteiger partial charge in [-0.15, -0.1) is 0 Å². The average molecular weight is 828 g/mol. The van der Waals surface area contributed by atoms with Crippen LogP contribution in [0.1, 0.15) is 96.6 Å². The molecule has 9 unspecified atom stereocenters. The Hall–Kier alpha value is -4.41. The third-order valence-electron chi connectivity index (χ3n) is 14.3. The van der Waals surface area contributed by atoms with Gasteiger partial charge in [0.15, 0.2) is 0 Å². The van der Waals surface area contributed by atoms with Crippen molar-refractivity contribution in [1.29, 1.82) is 0 Å². The summed E-state index contributed by atoms with van der Waals surface area (Å²) in [5, 5.41) is 25.9. The molecule has 320 valence electrons. The summed E-state index contributed by atoms with van der Waals surface area (Å²) < 4.78 is 42.9. The molecule has 14 nitrogen and oxygen atoms in total. The molecule has 5 aliphatic rings. The Labute approximate surface area is 350 Å². The van der Waals surface area contributed by atoms with Crippen LogP contribution in [-0.2, 0) is 47.6 Å². The number of esters is 3. The van der Waals surface area contributed by atoms with Gasteiger partial charge in [-0.1, -0.05) is 18.2 Å². The van der Waals surface area contributed by atoms with E-state index in [2.05, 4.69) is 0 Å². The number of benzene rings is 2. The van der Waals surface area contributed by atoms with E-state index in [-0.39, 0.29) is 49.2 Å². The van der Waals surface area contributed by atoms with Gasteiger partial charge in [-0.3, -0.25) is 9.59 Å². The molecule has 2 N–H and O–H groups in total. The third-order valence-corrected chi connectivity index (χ3v) is 14.3. The maximum atomic E-state index is 15.6. The first-order valence-corrected chi connectivity index (χ1v) is 20.5. The summed E-state index contributed by atoms with van der Waals surface area (Å²) in [5.74, 6) is -5.81. The van der Waals surface area contributed by atoms with Crippen LogP contribution in [0.4, 0.5) is 0 Å². The van der Waals surface area contributed by atoms with Crippen LogP contribution in [-0.4, -0.2) is 112 Å². The second-order valence-corrected chi connectivity index (χ2v) is 18.3. The van der Waals surface area contributed by atoms with Gasteiger partial charge in [0.2, 0.25) is 0 Å². The van der Waals surface area contributed by atoms with Crippen molar-refractivity contribution in [1.82, 2.24) is 4.90 Å². The molecule has 2 aromatic carbocycles. The van der Waals surface area contributed by atoms with Crippen molar-refractivity contribution in [2.24, 2.45) is 22.7 Å². The van der Waals surface area contributed by atoms with Crippen LogP contribution in [0.15, 0.2) is 71.8 Å². The van der Waals surface area contributed by atoms with Gasteiger partial charge < -0.3 is 14.6 Å². The zero-order valence-corrected chi connectivity index (χ0v) is 35.3. The summed E-state index contributed by atoms with van der Waals surface area (Å²) in [6, 6.07) is 16.6. The SMILES string of the molecule is CC(=O)OC1C(=O)[C@]2(C)C(O)CC3OCC3(OC(C)=O)C2C(OC(=O)c2ccccc2)C2(O)C[C@H](CC(=O)C3OC(C)(C)N(CB=O)C3c3ccccc3)C(C)=C1C2(C)C. The van der Waals surface area contributed by atoms with Crippen LogP contribution >= 0.6 is 0 Å². The molecule has 0 spiro atoms. The summed E-state index contributed by atoms with van der Waals surface area (Å²) in [4.78, 5) is 72.6. The van der Waals surface area contributed by atoms with Crippen molar-refractivity contribution in [3.63, 3.8) is 0 Å². The first-order valence-electron chi connectivity index (χ1n) is 20.5. The van der Waals surface area contributed by atoms with Crippen LogP contribution in [0.2, 0.25) is 0 Å². The van der Waals surface area contributed by atoms with Crippen molar-refractivity contribution >= 4 is 36.6 Å². The van der Waals surface area contributed by atoms with E-state index in [1.807, 2.05) is 35.2 Å². The number of ketones is 2. The van der Waals surface area contributed by atoms with Gasteiger partial charge in [0.1, 0.15) is 6.10 Å². The minimum atomic E-state index is -2.19. The molecule has 0 radical (unpaired) electrons. The second-order valence-electron chi connectivity index (χ2n) is 18.3.